The van der Waals surface area contributed by atoms with Crippen molar-refractivity contribution < 1.29 is 38.9 Å². The number of rotatable bonds is 9. The molecule has 0 aromatic heterocycles. The summed E-state index contributed by atoms with van der Waals surface area (Å²) in [7, 11) is 2.81. The Morgan fingerprint density at radius 2 is 1.18 bits per heavy atom. The zero-order valence-electron chi connectivity index (χ0n) is 15.6. The number of hydrogen-bond acceptors (Lipinski definition) is 8. The third-order valence-corrected chi connectivity index (χ3v) is 6.95. The molecule has 0 aromatic carbocycles. The SMILES string of the molecule is C[C@@H]1OCN(C(=O)CCSSCCC(=O)N2CO[C@@H](C)C2C(=O)O)C1C(=O)O. The molecule has 0 bridgehead atoms. The van der Waals surface area contributed by atoms with Crippen molar-refractivity contribution in [2.45, 2.75) is 51.0 Å². The third-order valence-electron chi connectivity index (χ3n) is 4.54. The predicted octanol–water partition coefficient (Wildman–Crippen LogP) is 0.464. The molecule has 0 aromatic rings. The molecule has 0 aliphatic carbocycles. The fourth-order valence-electron chi connectivity index (χ4n) is 3.03. The molecule has 2 amide bonds. The highest BCUT2D eigenvalue weighted by atomic mass is 33.1. The summed E-state index contributed by atoms with van der Waals surface area (Å²) >= 11 is 0. The molecule has 2 N–H and O–H groups in total. The lowest BCUT2D eigenvalue weighted by Crippen LogP contribution is -2.44. The van der Waals surface area contributed by atoms with Crippen LogP contribution in [0.4, 0.5) is 0 Å². The molecule has 2 unspecified atom stereocenters. The van der Waals surface area contributed by atoms with Crippen LogP contribution in [0.25, 0.3) is 0 Å². The molecule has 2 heterocycles. The number of carbonyl (C=O) groups is 4. The molecule has 10 nitrogen and oxygen atoms in total. The van der Waals surface area contributed by atoms with Crippen molar-refractivity contribution in [1.29, 1.82) is 0 Å². The smallest absolute Gasteiger partial charge is 0.329 e. The highest BCUT2D eigenvalue weighted by molar-refractivity contribution is 8.76. The van der Waals surface area contributed by atoms with Gasteiger partial charge in [-0.05, 0) is 13.8 Å². The molecular formula is C16H24N2O8S2. The van der Waals surface area contributed by atoms with Crippen molar-refractivity contribution in [2.24, 2.45) is 0 Å². The monoisotopic (exact) mass is 436 g/mol. The second kappa shape index (κ2) is 10.3. The topological polar surface area (TPSA) is 134 Å². The van der Waals surface area contributed by atoms with E-state index < -0.39 is 36.2 Å². The molecular weight excluding hydrogens is 412 g/mol. The van der Waals surface area contributed by atoms with Crippen molar-refractivity contribution in [3.05, 3.63) is 0 Å². The lowest BCUT2D eigenvalue weighted by Gasteiger charge is -2.21. The molecule has 0 spiro atoms. The van der Waals surface area contributed by atoms with Gasteiger partial charge in [-0.2, -0.15) is 0 Å². The van der Waals surface area contributed by atoms with Crippen LogP contribution in [-0.2, 0) is 28.7 Å². The maximum Gasteiger partial charge on any atom is 0.329 e. The number of carboxylic acids is 2. The van der Waals surface area contributed by atoms with Gasteiger partial charge < -0.3 is 29.5 Å². The average Bonchev–Trinajstić information content (AvgIpc) is 3.20. The lowest BCUT2D eigenvalue weighted by atomic mass is 10.1. The van der Waals surface area contributed by atoms with Gasteiger partial charge in [0.15, 0.2) is 12.1 Å². The van der Waals surface area contributed by atoms with Crippen LogP contribution < -0.4 is 0 Å². The van der Waals surface area contributed by atoms with Gasteiger partial charge in [0.25, 0.3) is 0 Å². The number of ether oxygens (including phenoxy) is 2. The fourth-order valence-corrected chi connectivity index (χ4v) is 4.99. The molecule has 0 radical (unpaired) electrons. The second-order valence-electron chi connectivity index (χ2n) is 6.44. The van der Waals surface area contributed by atoms with E-state index in [1.165, 1.54) is 31.4 Å². The highest BCUT2D eigenvalue weighted by Crippen LogP contribution is 2.26. The van der Waals surface area contributed by atoms with Crippen LogP contribution in [-0.4, -0.2) is 93.0 Å². The van der Waals surface area contributed by atoms with Crippen LogP contribution in [0.5, 0.6) is 0 Å². The van der Waals surface area contributed by atoms with Crippen LogP contribution in [0.1, 0.15) is 26.7 Å². The number of hydrogen-bond donors (Lipinski definition) is 2. The first-order valence-corrected chi connectivity index (χ1v) is 11.2. The van der Waals surface area contributed by atoms with Gasteiger partial charge in [-0.15, -0.1) is 0 Å². The molecule has 4 atom stereocenters. The van der Waals surface area contributed by atoms with E-state index in [-0.39, 0.29) is 38.1 Å². The van der Waals surface area contributed by atoms with Crippen molar-refractivity contribution in [1.82, 2.24) is 9.80 Å². The Balaban J connectivity index is 1.64. The van der Waals surface area contributed by atoms with E-state index in [4.69, 9.17) is 9.47 Å². The Morgan fingerprint density at radius 3 is 1.50 bits per heavy atom. The number of nitrogens with zero attached hydrogens (tertiary/aromatic N) is 2. The summed E-state index contributed by atoms with van der Waals surface area (Å²) in [5.41, 5.74) is 0. The van der Waals surface area contributed by atoms with Crippen molar-refractivity contribution in [2.75, 3.05) is 25.0 Å². The molecule has 2 saturated heterocycles. The molecule has 2 rings (SSSR count). The van der Waals surface area contributed by atoms with E-state index in [1.807, 2.05) is 0 Å². The van der Waals surface area contributed by atoms with E-state index in [0.29, 0.717) is 11.5 Å². The summed E-state index contributed by atoms with van der Waals surface area (Å²) in [5, 5.41) is 18.4. The zero-order chi connectivity index (χ0) is 20.8. The molecule has 158 valence electrons. The first kappa shape index (κ1) is 22.8. The van der Waals surface area contributed by atoms with Gasteiger partial charge >= 0.3 is 11.9 Å². The largest absolute Gasteiger partial charge is 0.480 e. The highest BCUT2D eigenvalue weighted by Gasteiger charge is 2.41. The molecule has 0 saturated carbocycles. The van der Waals surface area contributed by atoms with Gasteiger partial charge in [-0.1, -0.05) is 21.6 Å². The van der Waals surface area contributed by atoms with Gasteiger partial charge in [0.2, 0.25) is 11.8 Å². The maximum absolute atomic E-state index is 12.2. The minimum absolute atomic E-state index is 0.0235. The maximum atomic E-state index is 12.2. The second-order valence-corrected chi connectivity index (χ2v) is 9.14. The van der Waals surface area contributed by atoms with Gasteiger partial charge in [-0.3, -0.25) is 9.59 Å². The van der Waals surface area contributed by atoms with Crippen LogP contribution in [0.15, 0.2) is 0 Å². The van der Waals surface area contributed by atoms with Gasteiger partial charge in [0.1, 0.15) is 13.5 Å². The number of carbonyl (C=O) groups excluding carboxylic acids is 2. The number of carboxylic acid groups (broad SMARTS) is 2. The zero-order valence-corrected chi connectivity index (χ0v) is 17.2. The molecule has 28 heavy (non-hydrogen) atoms. The molecule has 2 aliphatic heterocycles. The summed E-state index contributed by atoms with van der Waals surface area (Å²) < 4.78 is 10.5. The molecule has 2 aliphatic rings. The summed E-state index contributed by atoms with van der Waals surface area (Å²) in [6.45, 7) is 3.19. The third kappa shape index (κ3) is 5.52. The van der Waals surface area contributed by atoms with E-state index >= 15 is 0 Å². The van der Waals surface area contributed by atoms with Crippen molar-refractivity contribution >= 4 is 45.3 Å². The normalized spacial score (nSPS) is 27.2. The number of amides is 2. The first-order chi connectivity index (χ1) is 13.2. The van der Waals surface area contributed by atoms with Gasteiger partial charge in [-0.25, -0.2) is 9.59 Å². The number of aliphatic carboxylic acids is 2. The minimum atomic E-state index is -1.08. The molecule has 12 heteroatoms. The Morgan fingerprint density at radius 1 is 0.821 bits per heavy atom. The Kier molecular flexibility index (Phi) is 8.40. The predicted molar refractivity (Wildman–Crippen MR) is 102 cm³/mol. The minimum Gasteiger partial charge on any atom is -0.480 e. The Bertz CT molecular complexity index is 567. The van der Waals surface area contributed by atoms with Crippen LogP contribution in [0.3, 0.4) is 0 Å². The summed E-state index contributed by atoms with van der Waals surface area (Å²) in [6.07, 6.45) is -0.739. The van der Waals surface area contributed by atoms with Crippen LogP contribution >= 0.6 is 21.6 Å². The molecule has 2 fully saturated rings. The standard InChI is InChI=1S/C16H24N2O8S2/c1-9-13(15(21)22)17(7-25-9)11(19)3-5-27-28-6-4-12(20)18-8-26-10(2)14(18)16(23)24/h9-10,13-14H,3-8H2,1-2H3,(H,21,22)(H,23,24)/t9-,10-,13?,14?/m0/s1. The van der Waals surface area contributed by atoms with Crippen LogP contribution in [0, 0.1) is 0 Å². The fraction of sp³-hybridized carbons (Fsp3) is 0.750. The van der Waals surface area contributed by atoms with E-state index in [1.54, 1.807) is 13.8 Å². The van der Waals surface area contributed by atoms with Crippen molar-refractivity contribution in [3.63, 3.8) is 0 Å². The average molecular weight is 437 g/mol. The Labute approximate surface area is 170 Å². The Hall–Kier alpha value is -1.50. The quantitative estimate of drug-likeness (QED) is 0.388. The van der Waals surface area contributed by atoms with E-state index in [9.17, 15) is 29.4 Å². The first-order valence-electron chi connectivity index (χ1n) is 8.76. The summed E-state index contributed by atoms with van der Waals surface area (Å²) in [5.74, 6) is -1.80. The lowest BCUT2D eigenvalue weighted by molar-refractivity contribution is -0.148. The van der Waals surface area contributed by atoms with Crippen LogP contribution in [0.2, 0.25) is 0 Å². The van der Waals surface area contributed by atoms with Gasteiger partial charge in [0, 0.05) is 24.3 Å². The van der Waals surface area contributed by atoms with E-state index in [2.05, 4.69) is 0 Å². The van der Waals surface area contributed by atoms with Gasteiger partial charge in [0.05, 0.1) is 12.2 Å². The van der Waals surface area contributed by atoms with Crippen molar-refractivity contribution in [3.8, 4) is 0 Å². The summed E-state index contributed by atoms with van der Waals surface area (Å²) in [4.78, 5) is 49.3. The van der Waals surface area contributed by atoms with E-state index in [0.717, 1.165) is 0 Å². The summed E-state index contributed by atoms with van der Waals surface area (Å²) in [6, 6.07) is -1.93.